The Morgan fingerprint density at radius 2 is 1.85 bits per heavy atom. The summed E-state index contributed by atoms with van der Waals surface area (Å²) in [5.74, 6) is 0.909. The number of rotatable bonds is 4. The van der Waals surface area contributed by atoms with Gasteiger partial charge in [0.25, 0.3) is 0 Å². The van der Waals surface area contributed by atoms with Crippen LogP contribution >= 0.6 is 0 Å². The zero-order valence-corrected chi connectivity index (χ0v) is 12.6. The maximum atomic E-state index is 6.35. The van der Waals surface area contributed by atoms with E-state index in [1.54, 1.807) is 7.11 Å². The smallest absolute Gasteiger partial charge is 0.128 e. The molecule has 1 atom stereocenters. The predicted octanol–water partition coefficient (Wildman–Crippen LogP) is 3.26. The van der Waals surface area contributed by atoms with Crippen LogP contribution in [0.1, 0.15) is 34.0 Å². The molecule has 0 aliphatic carbocycles. The summed E-state index contributed by atoms with van der Waals surface area (Å²) in [6, 6.07) is 8.18. The fourth-order valence-corrected chi connectivity index (χ4v) is 2.60. The predicted molar refractivity (Wildman–Crippen MR) is 82.1 cm³/mol. The Hall–Kier alpha value is -1.87. The highest BCUT2D eigenvalue weighted by atomic mass is 16.5. The van der Waals surface area contributed by atoms with Gasteiger partial charge in [-0.3, -0.25) is 4.98 Å². The Morgan fingerprint density at radius 3 is 2.50 bits per heavy atom. The summed E-state index contributed by atoms with van der Waals surface area (Å²) >= 11 is 0. The van der Waals surface area contributed by atoms with Gasteiger partial charge < -0.3 is 10.5 Å². The first-order chi connectivity index (χ1) is 9.54. The second-order valence-corrected chi connectivity index (χ2v) is 5.21. The number of aryl methyl sites for hydroxylation is 2. The number of ether oxygens (including phenoxy) is 1. The molecule has 0 aliphatic rings. The third-order valence-electron chi connectivity index (χ3n) is 3.75. The molecular weight excluding hydrogens is 248 g/mol. The van der Waals surface area contributed by atoms with Gasteiger partial charge in [-0.25, -0.2) is 0 Å². The van der Waals surface area contributed by atoms with Gasteiger partial charge in [0.05, 0.1) is 7.11 Å². The van der Waals surface area contributed by atoms with Gasteiger partial charge >= 0.3 is 0 Å². The number of nitrogens with two attached hydrogens (primary N) is 1. The first kappa shape index (κ1) is 14.5. The molecule has 0 radical (unpaired) electrons. The van der Waals surface area contributed by atoms with Crippen LogP contribution in [-0.2, 0) is 6.42 Å². The van der Waals surface area contributed by atoms with Crippen molar-refractivity contribution in [3.8, 4) is 5.75 Å². The largest absolute Gasteiger partial charge is 0.496 e. The van der Waals surface area contributed by atoms with E-state index in [0.29, 0.717) is 6.42 Å². The molecule has 0 amide bonds. The molecule has 0 saturated carbocycles. The Balaban J connectivity index is 2.29. The van der Waals surface area contributed by atoms with E-state index in [4.69, 9.17) is 10.5 Å². The van der Waals surface area contributed by atoms with Crippen LogP contribution in [0.15, 0.2) is 30.5 Å². The molecule has 1 heterocycles. The van der Waals surface area contributed by atoms with Gasteiger partial charge in [-0.05, 0) is 31.9 Å². The van der Waals surface area contributed by atoms with Crippen molar-refractivity contribution in [2.24, 2.45) is 5.73 Å². The summed E-state index contributed by atoms with van der Waals surface area (Å²) < 4.78 is 5.45. The number of benzene rings is 1. The zero-order chi connectivity index (χ0) is 14.7. The topological polar surface area (TPSA) is 48.1 Å². The lowest BCUT2D eigenvalue weighted by Gasteiger charge is -2.17. The quantitative estimate of drug-likeness (QED) is 0.927. The van der Waals surface area contributed by atoms with Crippen molar-refractivity contribution in [3.05, 3.63) is 58.4 Å². The second kappa shape index (κ2) is 6.06. The van der Waals surface area contributed by atoms with Gasteiger partial charge in [0.2, 0.25) is 0 Å². The van der Waals surface area contributed by atoms with E-state index >= 15 is 0 Å². The van der Waals surface area contributed by atoms with Gasteiger partial charge in [-0.1, -0.05) is 24.3 Å². The highest BCUT2D eigenvalue weighted by molar-refractivity contribution is 5.42. The molecule has 0 fully saturated rings. The van der Waals surface area contributed by atoms with Crippen LogP contribution in [0.2, 0.25) is 0 Å². The van der Waals surface area contributed by atoms with E-state index in [2.05, 4.69) is 24.0 Å². The monoisotopic (exact) mass is 270 g/mol. The van der Waals surface area contributed by atoms with Gasteiger partial charge in [0.1, 0.15) is 5.75 Å². The third kappa shape index (κ3) is 2.83. The number of pyridine rings is 1. The highest BCUT2D eigenvalue weighted by Gasteiger charge is 2.15. The van der Waals surface area contributed by atoms with Crippen LogP contribution in [0, 0.1) is 20.8 Å². The Bertz CT molecular complexity index is 608. The van der Waals surface area contributed by atoms with Crippen LogP contribution < -0.4 is 10.5 Å². The summed E-state index contributed by atoms with van der Waals surface area (Å²) in [6.45, 7) is 6.13. The molecule has 1 aromatic heterocycles. The fourth-order valence-electron chi connectivity index (χ4n) is 2.60. The molecule has 2 aromatic rings. The molecule has 20 heavy (non-hydrogen) atoms. The van der Waals surface area contributed by atoms with Gasteiger partial charge in [-0.2, -0.15) is 0 Å². The highest BCUT2D eigenvalue weighted by Crippen LogP contribution is 2.27. The van der Waals surface area contributed by atoms with Crippen molar-refractivity contribution in [3.63, 3.8) is 0 Å². The van der Waals surface area contributed by atoms with E-state index in [-0.39, 0.29) is 6.04 Å². The minimum Gasteiger partial charge on any atom is -0.496 e. The first-order valence-corrected chi connectivity index (χ1v) is 6.84. The second-order valence-electron chi connectivity index (χ2n) is 5.21. The van der Waals surface area contributed by atoms with E-state index < -0.39 is 0 Å². The molecule has 1 aromatic carbocycles. The van der Waals surface area contributed by atoms with E-state index in [1.165, 1.54) is 11.1 Å². The van der Waals surface area contributed by atoms with Gasteiger partial charge in [0, 0.05) is 35.5 Å². The van der Waals surface area contributed by atoms with Crippen molar-refractivity contribution in [1.82, 2.24) is 4.98 Å². The van der Waals surface area contributed by atoms with Crippen molar-refractivity contribution >= 4 is 0 Å². The number of hydrogen-bond donors (Lipinski definition) is 1. The van der Waals surface area contributed by atoms with Gasteiger partial charge in [-0.15, -0.1) is 0 Å². The average Bonchev–Trinajstić information content (AvgIpc) is 2.43. The first-order valence-electron chi connectivity index (χ1n) is 6.84. The van der Waals surface area contributed by atoms with E-state index in [1.807, 2.05) is 32.2 Å². The SMILES string of the molecule is COc1c(C)cnc(CC(N)c2ccccc2C)c1C. The van der Waals surface area contributed by atoms with E-state index in [0.717, 1.165) is 22.6 Å². The summed E-state index contributed by atoms with van der Waals surface area (Å²) in [6.07, 6.45) is 2.57. The van der Waals surface area contributed by atoms with Crippen LogP contribution in [-0.4, -0.2) is 12.1 Å². The Labute approximate surface area is 120 Å². The third-order valence-corrected chi connectivity index (χ3v) is 3.75. The molecule has 0 aliphatic heterocycles. The number of nitrogens with zero attached hydrogens (tertiary/aromatic N) is 1. The van der Waals surface area contributed by atoms with Crippen molar-refractivity contribution in [2.75, 3.05) is 7.11 Å². The molecule has 106 valence electrons. The lowest BCUT2D eigenvalue weighted by atomic mass is 9.96. The summed E-state index contributed by atoms with van der Waals surface area (Å²) in [4.78, 5) is 4.52. The van der Waals surface area contributed by atoms with Crippen LogP contribution in [0.3, 0.4) is 0 Å². The number of methoxy groups -OCH3 is 1. The number of aromatic nitrogens is 1. The molecule has 3 heteroatoms. The number of hydrogen-bond acceptors (Lipinski definition) is 3. The van der Waals surface area contributed by atoms with Crippen molar-refractivity contribution in [1.29, 1.82) is 0 Å². The average molecular weight is 270 g/mol. The molecule has 2 rings (SSSR count). The zero-order valence-electron chi connectivity index (χ0n) is 12.6. The van der Waals surface area contributed by atoms with Crippen LogP contribution in [0.25, 0.3) is 0 Å². The summed E-state index contributed by atoms with van der Waals surface area (Å²) in [5, 5.41) is 0. The fraction of sp³-hybridized carbons (Fsp3) is 0.353. The van der Waals surface area contributed by atoms with Crippen molar-refractivity contribution < 1.29 is 4.74 Å². The standard InChI is InChI=1S/C17H22N2O/c1-11-7-5-6-8-14(11)15(18)9-16-13(3)17(20-4)12(2)10-19-16/h5-8,10,15H,9,18H2,1-4H3. The lowest BCUT2D eigenvalue weighted by molar-refractivity contribution is 0.406. The van der Waals surface area contributed by atoms with Crippen molar-refractivity contribution in [2.45, 2.75) is 33.2 Å². The van der Waals surface area contributed by atoms with Crippen LogP contribution in [0.5, 0.6) is 5.75 Å². The van der Waals surface area contributed by atoms with Gasteiger partial charge in [0.15, 0.2) is 0 Å². The lowest BCUT2D eigenvalue weighted by Crippen LogP contribution is -2.16. The van der Waals surface area contributed by atoms with E-state index in [9.17, 15) is 0 Å². The maximum absolute atomic E-state index is 6.35. The minimum absolute atomic E-state index is 0.0465. The maximum Gasteiger partial charge on any atom is 0.128 e. The molecule has 0 saturated heterocycles. The van der Waals surface area contributed by atoms with Crippen LogP contribution in [0.4, 0.5) is 0 Å². The summed E-state index contributed by atoms with van der Waals surface area (Å²) in [5.41, 5.74) is 11.9. The molecule has 0 bridgehead atoms. The summed E-state index contributed by atoms with van der Waals surface area (Å²) in [7, 11) is 1.69. The normalized spacial score (nSPS) is 12.2. The molecular formula is C17H22N2O. The molecule has 0 spiro atoms. The molecule has 2 N–H and O–H groups in total. The Morgan fingerprint density at radius 1 is 1.15 bits per heavy atom. The minimum atomic E-state index is -0.0465. The molecule has 3 nitrogen and oxygen atoms in total. The Kier molecular flexibility index (Phi) is 4.40. The molecule has 1 unspecified atom stereocenters.